The number of ether oxygens (including phenoxy) is 1. The molecule has 1 N–H and O–H groups in total. The number of hydrogen-bond donors (Lipinski definition) is 1. The maximum Gasteiger partial charge on any atom is 0.350 e. The summed E-state index contributed by atoms with van der Waals surface area (Å²) >= 11 is 1.11. The molecule has 3 aromatic rings. The number of rotatable bonds is 5. The van der Waals surface area contributed by atoms with Gasteiger partial charge in [-0.3, -0.25) is 9.69 Å². The summed E-state index contributed by atoms with van der Waals surface area (Å²) in [7, 11) is 1.61. The number of nitrogens with one attached hydrogen (secondary N) is 1. The number of carbonyl (C=O) groups is 3. The molecule has 1 aliphatic rings. The maximum atomic E-state index is 12.9. The van der Waals surface area contributed by atoms with Gasteiger partial charge in [0.1, 0.15) is 10.5 Å². The van der Waals surface area contributed by atoms with Crippen molar-refractivity contribution in [2.24, 2.45) is 0 Å². The molecular formula is C24H28N6O5S. The zero-order chi connectivity index (χ0) is 26.2. The first-order valence-corrected chi connectivity index (χ1v) is 12.2. The number of esters is 1. The molecule has 1 fully saturated rings. The van der Waals surface area contributed by atoms with Gasteiger partial charge in [-0.25, -0.2) is 14.6 Å². The van der Waals surface area contributed by atoms with E-state index in [9.17, 15) is 14.4 Å². The van der Waals surface area contributed by atoms with Crippen molar-refractivity contribution < 1.29 is 23.6 Å². The van der Waals surface area contributed by atoms with Crippen molar-refractivity contribution in [3.05, 3.63) is 46.3 Å². The highest BCUT2D eigenvalue weighted by atomic mass is 32.1. The number of benzene rings is 1. The van der Waals surface area contributed by atoms with Gasteiger partial charge in [0.25, 0.3) is 5.91 Å². The Hall–Kier alpha value is -3.80. The zero-order valence-electron chi connectivity index (χ0n) is 21.0. The monoisotopic (exact) mass is 512 g/mol. The standard InChI is InChI=1S/C24H28N6O5S/c1-13-18(21(32)34-24(3,4)5)36-22(25-13)29(6)23(33)30-11-17(12-30)27-20(31)16-9-7-8-15(10-16)19-26-14(2)35-28-19/h7-10,17H,11-12H2,1-6H3,(H,27,31). The summed E-state index contributed by atoms with van der Waals surface area (Å²) in [6.07, 6.45) is 0. The van der Waals surface area contributed by atoms with Crippen molar-refractivity contribution in [1.82, 2.24) is 25.3 Å². The first kappa shape index (κ1) is 25.3. The summed E-state index contributed by atoms with van der Waals surface area (Å²) in [6, 6.07) is 6.51. The Bertz CT molecular complexity index is 1300. The summed E-state index contributed by atoms with van der Waals surface area (Å²) in [5.41, 5.74) is 1.02. The van der Waals surface area contributed by atoms with Crippen LogP contribution in [-0.4, -0.2) is 69.7 Å². The molecule has 2 aromatic heterocycles. The second-order valence-corrected chi connectivity index (χ2v) is 10.5. The van der Waals surface area contributed by atoms with E-state index in [1.807, 2.05) is 0 Å². The second-order valence-electron chi connectivity index (χ2n) is 9.55. The fraction of sp³-hybridized carbons (Fsp3) is 0.417. The summed E-state index contributed by atoms with van der Waals surface area (Å²) in [6.45, 7) is 9.52. The number of aryl methyl sites for hydroxylation is 2. The Labute approximate surface area is 212 Å². The minimum Gasteiger partial charge on any atom is -0.456 e. The largest absolute Gasteiger partial charge is 0.456 e. The van der Waals surface area contributed by atoms with E-state index in [2.05, 4.69) is 20.4 Å². The van der Waals surface area contributed by atoms with Gasteiger partial charge in [-0.15, -0.1) is 0 Å². The molecule has 36 heavy (non-hydrogen) atoms. The van der Waals surface area contributed by atoms with Crippen molar-refractivity contribution in [1.29, 1.82) is 0 Å². The summed E-state index contributed by atoms with van der Waals surface area (Å²) in [5, 5.41) is 7.22. The zero-order valence-corrected chi connectivity index (χ0v) is 21.8. The van der Waals surface area contributed by atoms with E-state index in [1.54, 1.807) is 70.8 Å². The highest BCUT2D eigenvalue weighted by Crippen LogP contribution is 2.28. The Kier molecular flexibility index (Phi) is 6.81. The molecule has 0 atom stereocenters. The Morgan fingerprint density at radius 1 is 1.19 bits per heavy atom. The predicted octanol–water partition coefficient (Wildman–Crippen LogP) is 3.44. The summed E-state index contributed by atoms with van der Waals surface area (Å²) in [4.78, 5) is 50.0. The van der Waals surface area contributed by atoms with E-state index in [4.69, 9.17) is 9.26 Å². The number of aromatic nitrogens is 3. The number of amides is 3. The van der Waals surface area contributed by atoms with Crippen LogP contribution in [0.15, 0.2) is 28.8 Å². The third-order valence-electron chi connectivity index (χ3n) is 5.34. The number of anilines is 1. The van der Waals surface area contributed by atoms with Gasteiger partial charge in [-0.2, -0.15) is 4.98 Å². The fourth-order valence-electron chi connectivity index (χ4n) is 3.54. The van der Waals surface area contributed by atoms with Crippen molar-refractivity contribution in [2.45, 2.75) is 46.3 Å². The van der Waals surface area contributed by atoms with Crippen LogP contribution in [0.5, 0.6) is 0 Å². The van der Waals surface area contributed by atoms with Gasteiger partial charge in [0.05, 0.1) is 11.7 Å². The normalized spacial score (nSPS) is 13.8. The van der Waals surface area contributed by atoms with Crippen molar-refractivity contribution >= 4 is 34.4 Å². The molecule has 11 nitrogen and oxygen atoms in total. The molecule has 1 aliphatic heterocycles. The van der Waals surface area contributed by atoms with E-state index < -0.39 is 11.6 Å². The lowest BCUT2D eigenvalue weighted by atomic mass is 10.1. The van der Waals surface area contributed by atoms with Crippen molar-refractivity contribution in [3.8, 4) is 11.4 Å². The number of carbonyl (C=O) groups excluding carboxylic acids is 3. The minimum atomic E-state index is -0.625. The fourth-order valence-corrected chi connectivity index (χ4v) is 4.44. The molecule has 3 amide bonds. The van der Waals surface area contributed by atoms with E-state index in [0.717, 1.165) is 11.3 Å². The highest BCUT2D eigenvalue weighted by molar-refractivity contribution is 7.17. The van der Waals surface area contributed by atoms with Gasteiger partial charge in [0.2, 0.25) is 11.7 Å². The molecule has 3 heterocycles. The lowest BCUT2D eigenvalue weighted by molar-refractivity contribution is 0.00740. The van der Waals surface area contributed by atoms with Gasteiger partial charge in [0.15, 0.2) is 5.13 Å². The summed E-state index contributed by atoms with van der Waals surface area (Å²) in [5.74, 6) is 0.144. The molecule has 0 aliphatic carbocycles. The molecule has 0 saturated carbocycles. The maximum absolute atomic E-state index is 12.9. The average molecular weight is 513 g/mol. The van der Waals surface area contributed by atoms with Crippen LogP contribution in [0.25, 0.3) is 11.4 Å². The molecule has 1 saturated heterocycles. The molecule has 1 aromatic carbocycles. The number of thiazole rings is 1. The number of urea groups is 1. The van der Waals surface area contributed by atoms with E-state index in [1.165, 1.54) is 4.90 Å². The van der Waals surface area contributed by atoms with Gasteiger partial charge >= 0.3 is 12.0 Å². The molecule has 0 unspecified atom stereocenters. The minimum absolute atomic E-state index is 0.179. The smallest absolute Gasteiger partial charge is 0.350 e. The predicted molar refractivity (Wildman–Crippen MR) is 133 cm³/mol. The topological polar surface area (TPSA) is 131 Å². The van der Waals surface area contributed by atoms with Crippen LogP contribution >= 0.6 is 11.3 Å². The first-order chi connectivity index (χ1) is 16.9. The quantitative estimate of drug-likeness (QED) is 0.515. The van der Waals surface area contributed by atoms with Crippen LogP contribution in [0.4, 0.5) is 9.93 Å². The SMILES string of the molecule is Cc1nc(-c2cccc(C(=O)NC3CN(C(=O)N(C)c4nc(C)c(C(=O)OC(C)(C)C)s4)C3)c2)no1. The van der Waals surface area contributed by atoms with Crippen LogP contribution in [0, 0.1) is 13.8 Å². The lowest BCUT2D eigenvalue weighted by Crippen LogP contribution is -2.63. The van der Waals surface area contributed by atoms with Crippen LogP contribution in [0.2, 0.25) is 0 Å². The van der Waals surface area contributed by atoms with Crippen LogP contribution in [0.3, 0.4) is 0 Å². The molecule has 190 valence electrons. The lowest BCUT2D eigenvalue weighted by Gasteiger charge is -2.40. The van der Waals surface area contributed by atoms with Gasteiger partial charge in [-0.1, -0.05) is 28.6 Å². The Morgan fingerprint density at radius 2 is 1.92 bits per heavy atom. The van der Waals surface area contributed by atoms with Crippen molar-refractivity contribution in [3.63, 3.8) is 0 Å². The highest BCUT2D eigenvalue weighted by Gasteiger charge is 2.35. The summed E-state index contributed by atoms with van der Waals surface area (Å²) < 4.78 is 10.4. The third kappa shape index (κ3) is 5.54. The molecule has 12 heteroatoms. The Morgan fingerprint density at radius 3 is 2.56 bits per heavy atom. The molecule has 4 rings (SSSR count). The van der Waals surface area contributed by atoms with Gasteiger partial charge < -0.3 is 19.5 Å². The molecule has 0 spiro atoms. The number of nitrogens with zero attached hydrogens (tertiary/aromatic N) is 5. The number of likely N-dealkylation sites (tertiary alicyclic amines) is 1. The van der Waals surface area contributed by atoms with Gasteiger partial charge in [-0.05, 0) is 39.8 Å². The first-order valence-electron chi connectivity index (χ1n) is 11.4. The third-order valence-corrected chi connectivity index (χ3v) is 6.56. The van der Waals surface area contributed by atoms with Crippen LogP contribution in [0.1, 0.15) is 52.4 Å². The molecule has 0 bridgehead atoms. The van der Waals surface area contributed by atoms with E-state index in [0.29, 0.717) is 51.6 Å². The van der Waals surface area contributed by atoms with Crippen LogP contribution < -0.4 is 10.2 Å². The van der Waals surface area contributed by atoms with Crippen molar-refractivity contribution in [2.75, 3.05) is 25.0 Å². The molecule has 0 radical (unpaired) electrons. The average Bonchev–Trinajstić information content (AvgIpc) is 3.39. The van der Waals surface area contributed by atoms with E-state index in [-0.39, 0.29) is 18.0 Å². The number of hydrogen-bond acceptors (Lipinski definition) is 9. The van der Waals surface area contributed by atoms with Crippen LogP contribution in [-0.2, 0) is 4.74 Å². The molecular weight excluding hydrogens is 484 g/mol. The van der Waals surface area contributed by atoms with Gasteiger partial charge in [0, 0.05) is 38.2 Å². The second kappa shape index (κ2) is 9.69. The Balaban J connectivity index is 1.33. The van der Waals surface area contributed by atoms with E-state index >= 15 is 0 Å².